The second-order valence-electron chi connectivity index (χ2n) is 5.44. The normalized spacial score (nSPS) is 24.6. The second-order valence-corrected chi connectivity index (χ2v) is 7.43. The van der Waals surface area contributed by atoms with Gasteiger partial charge in [0, 0.05) is 11.5 Å². The summed E-state index contributed by atoms with van der Waals surface area (Å²) in [5.74, 6) is 1.60. The topological polar surface area (TPSA) is 29.5 Å². The third-order valence-electron chi connectivity index (χ3n) is 2.38. The standard InChI is InChI=1S/C11H21NO2S2/c1-10(2,3)14-9(13)12-8(6-15)7-16-11(12,4)5/h8,15H,6-7H2,1-5H3. The molecule has 1 atom stereocenters. The smallest absolute Gasteiger partial charge is 0.411 e. The summed E-state index contributed by atoms with van der Waals surface area (Å²) in [6.07, 6.45) is -0.235. The highest BCUT2D eigenvalue weighted by Gasteiger charge is 2.44. The maximum Gasteiger partial charge on any atom is 0.411 e. The van der Waals surface area contributed by atoms with Crippen molar-refractivity contribution >= 4 is 30.5 Å². The Morgan fingerprint density at radius 2 is 2.12 bits per heavy atom. The van der Waals surface area contributed by atoms with Gasteiger partial charge in [0.1, 0.15) is 5.60 Å². The molecule has 1 fully saturated rings. The Morgan fingerprint density at radius 1 is 1.56 bits per heavy atom. The van der Waals surface area contributed by atoms with Gasteiger partial charge in [-0.25, -0.2) is 4.79 Å². The van der Waals surface area contributed by atoms with E-state index in [2.05, 4.69) is 12.6 Å². The molecule has 1 heterocycles. The van der Waals surface area contributed by atoms with E-state index in [4.69, 9.17) is 4.74 Å². The molecule has 1 amide bonds. The number of hydrogen-bond donors (Lipinski definition) is 1. The van der Waals surface area contributed by atoms with Gasteiger partial charge in [0.2, 0.25) is 0 Å². The molecule has 0 N–H and O–H groups in total. The van der Waals surface area contributed by atoms with Crippen LogP contribution in [0.1, 0.15) is 34.6 Å². The lowest BCUT2D eigenvalue weighted by Gasteiger charge is -2.35. The highest BCUT2D eigenvalue weighted by molar-refractivity contribution is 8.00. The average Bonchev–Trinajstić information content (AvgIpc) is 2.37. The number of hydrogen-bond acceptors (Lipinski definition) is 4. The van der Waals surface area contributed by atoms with Crippen molar-refractivity contribution in [3.63, 3.8) is 0 Å². The predicted octanol–water partition coefficient (Wildman–Crippen LogP) is 3.00. The number of nitrogens with zero attached hydrogens (tertiary/aromatic N) is 1. The zero-order valence-corrected chi connectivity index (χ0v) is 12.3. The minimum absolute atomic E-state index is 0.165. The van der Waals surface area contributed by atoms with Gasteiger partial charge in [-0.05, 0) is 34.6 Å². The van der Waals surface area contributed by atoms with E-state index in [1.54, 1.807) is 11.8 Å². The van der Waals surface area contributed by atoms with E-state index < -0.39 is 5.60 Å². The minimum atomic E-state index is -0.443. The van der Waals surface area contributed by atoms with Crippen molar-refractivity contribution in [3.8, 4) is 0 Å². The summed E-state index contributed by atoms with van der Waals surface area (Å²) in [6.45, 7) is 9.75. The van der Waals surface area contributed by atoms with Gasteiger partial charge in [-0.15, -0.1) is 11.8 Å². The Bertz CT molecular complexity index is 274. The van der Waals surface area contributed by atoms with Crippen LogP contribution in [-0.2, 0) is 4.74 Å². The molecule has 3 nitrogen and oxygen atoms in total. The summed E-state index contributed by atoms with van der Waals surface area (Å²) in [5, 5.41) is 0. The maximum atomic E-state index is 12.1. The molecule has 0 radical (unpaired) electrons. The number of thiol groups is 1. The molecule has 94 valence electrons. The van der Waals surface area contributed by atoms with E-state index >= 15 is 0 Å². The fourth-order valence-electron chi connectivity index (χ4n) is 1.70. The van der Waals surface area contributed by atoms with Crippen LogP contribution < -0.4 is 0 Å². The van der Waals surface area contributed by atoms with Gasteiger partial charge in [-0.2, -0.15) is 12.6 Å². The first-order chi connectivity index (χ1) is 7.17. The lowest BCUT2D eigenvalue weighted by Crippen LogP contribution is -2.49. The quantitative estimate of drug-likeness (QED) is 0.738. The van der Waals surface area contributed by atoms with Crippen LogP contribution in [0, 0.1) is 0 Å². The zero-order valence-electron chi connectivity index (χ0n) is 10.6. The van der Waals surface area contributed by atoms with Crippen LogP contribution in [-0.4, -0.2) is 39.0 Å². The summed E-state index contributed by atoms with van der Waals surface area (Å²) in [4.78, 5) is 13.7. The van der Waals surface area contributed by atoms with E-state index in [9.17, 15) is 4.79 Å². The molecule has 1 rings (SSSR count). The van der Waals surface area contributed by atoms with Crippen molar-refractivity contribution in [2.45, 2.75) is 51.1 Å². The Labute approximate surface area is 108 Å². The van der Waals surface area contributed by atoms with E-state index in [-0.39, 0.29) is 17.0 Å². The lowest BCUT2D eigenvalue weighted by atomic mass is 10.2. The van der Waals surface area contributed by atoms with Crippen molar-refractivity contribution in [2.24, 2.45) is 0 Å². The summed E-state index contributed by atoms with van der Waals surface area (Å²) in [7, 11) is 0. The molecule has 1 saturated heterocycles. The maximum absolute atomic E-state index is 12.1. The molecular weight excluding hydrogens is 242 g/mol. The van der Waals surface area contributed by atoms with E-state index in [0.29, 0.717) is 5.75 Å². The van der Waals surface area contributed by atoms with Crippen LogP contribution in [0.15, 0.2) is 0 Å². The SMILES string of the molecule is CC(C)(C)OC(=O)N1C(CS)CSC1(C)C. The number of rotatable bonds is 1. The molecule has 1 aliphatic heterocycles. The van der Waals surface area contributed by atoms with Crippen LogP contribution in [0.3, 0.4) is 0 Å². The zero-order chi connectivity index (χ0) is 12.6. The van der Waals surface area contributed by atoms with Gasteiger partial charge < -0.3 is 4.74 Å². The second kappa shape index (κ2) is 4.69. The Balaban J connectivity index is 2.79. The van der Waals surface area contributed by atoms with Crippen molar-refractivity contribution in [1.29, 1.82) is 0 Å². The molecule has 16 heavy (non-hydrogen) atoms. The highest BCUT2D eigenvalue weighted by Crippen LogP contribution is 2.39. The molecule has 0 saturated carbocycles. The molecule has 0 aromatic heterocycles. The molecule has 0 aromatic carbocycles. The number of ether oxygens (including phenoxy) is 1. The Morgan fingerprint density at radius 3 is 2.56 bits per heavy atom. The summed E-state index contributed by atoms with van der Waals surface area (Å²) < 4.78 is 5.43. The van der Waals surface area contributed by atoms with E-state index in [1.807, 2.05) is 39.5 Å². The van der Waals surface area contributed by atoms with Gasteiger partial charge in [-0.1, -0.05) is 0 Å². The number of thioether (sulfide) groups is 1. The fourth-order valence-corrected chi connectivity index (χ4v) is 3.40. The minimum Gasteiger partial charge on any atom is -0.444 e. The van der Waals surface area contributed by atoms with Crippen LogP contribution in [0.2, 0.25) is 0 Å². The van der Waals surface area contributed by atoms with Gasteiger partial charge in [0.15, 0.2) is 0 Å². The fraction of sp³-hybridized carbons (Fsp3) is 0.909. The largest absolute Gasteiger partial charge is 0.444 e. The number of amides is 1. The molecule has 0 bridgehead atoms. The van der Waals surface area contributed by atoms with Crippen molar-refractivity contribution in [3.05, 3.63) is 0 Å². The monoisotopic (exact) mass is 263 g/mol. The average molecular weight is 263 g/mol. The van der Waals surface area contributed by atoms with Crippen LogP contribution in [0.5, 0.6) is 0 Å². The number of carbonyl (C=O) groups excluding carboxylic acids is 1. The predicted molar refractivity (Wildman–Crippen MR) is 72.3 cm³/mol. The molecule has 0 aliphatic carbocycles. The summed E-state index contributed by atoms with van der Waals surface area (Å²) in [5.41, 5.74) is -0.443. The number of carbonyl (C=O) groups is 1. The van der Waals surface area contributed by atoms with Crippen molar-refractivity contribution in [2.75, 3.05) is 11.5 Å². The first-order valence-electron chi connectivity index (χ1n) is 5.44. The van der Waals surface area contributed by atoms with Crippen LogP contribution in [0.25, 0.3) is 0 Å². The van der Waals surface area contributed by atoms with Crippen molar-refractivity contribution in [1.82, 2.24) is 4.90 Å². The van der Waals surface area contributed by atoms with Gasteiger partial charge in [0.25, 0.3) is 0 Å². The van der Waals surface area contributed by atoms with Gasteiger partial charge >= 0.3 is 6.09 Å². The van der Waals surface area contributed by atoms with E-state index in [0.717, 1.165) is 5.75 Å². The first-order valence-corrected chi connectivity index (χ1v) is 7.06. The Hall–Kier alpha value is -0.0300. The van der Waals surface area contributed by atoms with Crippen LogP contribution in [0.4, 0.5) is 4.79 Å². The molecule has 0 spiro atoms. The first kappa shape index (κ1) is 14.0. The summed E-state index contributed by atoms with van der Waals surface area (Å²) in [6, 6.07) is 0.165. The molecule has 1 unspecified atom stereocenters. The third kappa shape index (κ3) is 3.23. The lowest BCUT2D eigenvalue weighted by molar-refractivity contribution is 0.0119. The molecule has 0 aromatic rings. The van der Waals surface area contributed by atoms with Crippen LogP contribution >= 0.6 is 24.4 Å². The highest BCUT2D eigenvalue weighted by atomic mass is 32.2. The van der Waals surface area contributed by atoms with Gasteiger partial charge in [0.05, 0.1) is 10.9 Å². The molecule has 1 aliphatic rings. The van der Waals surface area contributed by atoms with Gasteiger partial charge in [-0.3, -0.25) is 4.90 Å². The molecule has 5 heteroatoms. The third-order valence-corrected chi connectivity index (χ3v) is 4.25. The van der Waals surface area contributed by atoms with Crippen molar-refractivity contribution < 1.29 is 9.53 Å². The Kier molecular flexibility index (Phi) is 4.11. The summed E-state index contributed by atoms with van der Waals surface area (Å²) >= 11 is 6.07. The van der Waals surface area contributed by atoms with E-state index in [1.165, 1.54) is 0 Å². The molecular formula is C11H21NO2S2.